The summed E-state index contributed by atoms with van der Waals surface area (Å²) < 4.78 is 28.8. The second kappa shape index (κ2) is 10.1. The van der Waals surface area contributed by atoms with Gasteiger partial charge in [-0.05, 0) is 31.0 Å². The summed E-state index contributed by atoms with van der Waals surface area (Å²) in [5.41, 5.74) is 0.698. The van der Waals surface area contributed by atoms with Crippen LogP contribution >= 0.6 is 11.8 Å². The van der Waals surface area contributed by atoms with Crippen molar-refractivity contribution in [1.82, 2.24) is 15.5 Å². The highest BCUT2D eigenvalue weighted by molar-refractivity contribution is 8.03. The van der Waals surface area contributed by atoms with Crippen LogP contribution in [0.25, 0.3) is 0 Å². The molecule has 2 amide bonds. The number of carbonyl (C=O) groups is 3. The molecule has 0 unspecified atom stereocenters. The van der Waals surface area contributed by atoms with E-state index in [1.807, 2.05) is 6.92 Å². The quantitative estimate of drug-likeness (QED) is 0.368. The van der Waals surface area contributed by atoms with Crippen LogP contribution in [-0.2, 0) is 20.9 Å². The van der Waals surface area contributed by atoms with Crippen molar-refractivity contribution < 1.29 is 38.1 Å². The fourth-order valence-electron chi connectivity index (χ4n) is 4.95. The third-order valence-corrected chi connectivity index (χ3v) is 8.14. The van der Waals surface area contributed by atoms with Gasteiger partial charge in [-0.25, -0.2) is 4.79 Å². The number of fused-ring (bicyclic) bond motifs is 1. The number of benzene rings is 1. The van der Waals surface area contributed by atoms with Crippen molar-refractivity contribution in [3.63, 3.8) is 0 Å². The number of carboxylic acids is 1. The van der Waals surface area contributed by atoms with Gasteiger partial charge in [-0.1, -0.05) is 19.1 Å². The van der Waals surface area contributed by atoms with E-state index < -0.39 is 30.6 Å². The number of alkyl halides is 2. The molecule has 12 heteroatoms. The Bertz CT molecular complexity index is 1030. The molecule has 3 aliphatic heterocycles. The number of nitrogens with zero attached hydrogens (tertiary/aromatic N) is 1. The van der Waals surface area contributed by atoms with Crippen molar-refractivity contribution in [1.29, 1.82) is 0 Å². The van der Waals surface area contributed by atoms with E-state index in [0.29, 0.717) is 17.9 Å². The number of amides is 2. The number of nitrogens with one attached hydrogen (secondary N) is 2. The van der Waals surface area contributed by atoms with Crippen LogP contribution < -0.4 is 15.4 Å². The van der Waals surface area contributed by atoms with Crippen molar-refractivity contribution in [2.75, 3.05) is 6.54 Å². The van der Waals surface area contributed by atoms with E-state index in [4.69, 9.17) is 0 Å². The maximum atomic E-state index is 12.6. The second-order valence-electron chi connectivity index (χ2n) is 8.95. The lowest BCUT2D eigenvalue weighted by molar-refractivity contribution is -0.163. The van der Waals surface area contributed by atoms with Gasteiger partial charge in [0.05, 0.1) is 24.1 Å². The van der Waals surface area contributed by atoms with Gasteiger partial charge in [-0.3, -0.25) is 9.59 Å². The Hall–Kier alpha value is -2.70. The zero-order valence-electron chi connectivity index (χ0n) is 19.1. The Morgan fingerprint density at radius 1 is 1.31 bits per heavy atom. The monoisotopic (exact) mass is 511 g/mol. The molecule has 9 nitrogen and oxygen atoms in total. The highest BCUT2D eigenvalue weighted by Gasteiger charge is 2.60. The van der Waals surface area contributed by atoms with Crippen LogP contribution in [0.5, 0.6) is 5.75 Å². The van der Waals surface area contributed by atoms with Crippen LogP contribution in [0.4, 0.5) is 8.78 Å². The number of aliphatic carboxylic acids is 1. The largest absolute Gasteiger partial charge is 0.477 e. The van der Waals surface area contributed by atoms with E-state index in [9.17, 15) is 33.4 Å². The fourth-order valence-corrected chi connectivity index (χ4v) is 6.43. The predicted octanol–water partition coefficient (Wildman–Crippen LogP) is 1.52. The molecule has 0 saturated carbocycles. The lowest BCUT2D eigenvalue weighted by Gasteiger charge is -2.46. The molecule has 4 N–H and O–H groups in total. The number of rotatable bonds is 9. The molecule has 2 fully saturated rings. The number of carboxylic acid groups (broad SMARTS) is 1. The van der Waals surface area contributed by atoms with Crippen molar-refractivity contribution in [2.24, 2.45) is 11.8 Å². The molecule has 35 heavy (non-hydrogen) atoms. The summed E-state index contributed by atoms with van der Waals surface area (Å²) in [5.74, 6) is -2.58. The van der Waals surface area contributed by atoms with Gasteiger partial charge in [-0.2, -0.15) is 8.78 Å². The SMILES string of the molecule is C[C@@H](O)[C@H]1C(=O)N2C(C(=O)O)=C(S[C@@H]3CN[C@H](C(=O)NCc4ccc(OC(F)F)cc4)C3)[C@H](C)[C@H]12. The average molecular weight is 512 g/mol. The normalized spacial score (nSPS) is 28.7. The van der Waals surface area contributed by atoms with Gasteiger partial charge >= 0.3 is 12.6 Å². The van der Waals surface area contributed by atoms with Crippen LogP contribution in [0.1, 0.15) is 25.8 Å². The summed E-state index contributed by atoms with van der Waals surface area (Å²) in [7, 11) is 0. The van der Waals surface area contributed by atoms with Crippen molar-refractivity contribution >= 4 is 29.5 Å². The predicted molar refractivity (Wildman–Crippen MR) is 122 cm³/mol. The molecule has 0 aliphatic carbocycles. The number of hydrogen-bond acceptors (Lipinski definition) is 7. The van der Waals surface area contributed by atoms with Crippen LogP contribution in [-0.4, -0.2) is 69.5 Å². The fraction of sp³-hybridized carbons (Fsp3) is 0.522. The average Bonchev–Trinajstić information content (AvgIpc) is 3.34. The van der Waals surface area contributed by atoms with Gasteiger partial charge in [0.15, 0.2) is 0 Å². The first kappa shape index (κ1) is 25.4. The lowest BCUT2D eigenvalue weighted by Crippen LogP contribution is -2.63. The van der Waals surface area contributed by atoms with Crippen LogP contribution in [0.15, 0.2) is 34.9 Å². The van der Waals surface area contributed by atoms with Gasteiger partial charge in [0.2, 0.25) is 11.8 Å². The minimum absolute atomic E-state index is 0.0263. The summed E-state index contributed by atoms with van der Waals surface area (Å²) in [4.78, 5) is 39.0. The molecular formula is C23H27F2N3O6S. The first-order valence-electron chi connectivity index (χ1n) is 11.3. The molecular weight excluding hydrogens is 484 g/mol. The third kappa shape index (κ3) is 5.00. The first-order valence-corrected chi connectivity index (χ1v) is 12.2. The Labute approximate surface area is 204 Å². The van der Waals surface area contributed by atoms with E-state index in [0.717, 1.165) is 5.56 Å². The minimum atomic E-state index is -2.90. The Morgan fingerprint density at radius 2 is 2.00 bits per heavy atom. The van der Waals surface area contributed by atoms with E-state index in [2.05, 4.69) is 15.4 Å². The summed E-state index contributed by atoms with van der Waals surface area (Å²) in [6.07, 6.45) is -0.390. The van der Waals surface area contributed by atoms with Crippen molar-refractivity contribution in [3.05, 3.63) is 40.4 Å². The van der Waals surface area contributed by atoms with Gasteiger partial charge in [0.1, 0.15) is 11.4 Å². The van der Waals surface area contributed by atoms with E-state index in [1.165, 1.54) is 35.7 Å². The standard InChI is InChI=1S/C23H27F2N3O6S/c1-10-17-16(11(2)29)21(31)28(17)18(22(32)33)19(10)35-14-7-15(26-9-14)20(30)27-8-12-3-5-13(6-4-12)34-23(24)25/h3-6,10-11,14-17,23,26,29H,7-9H2,1-2H3,(H,27,30)(H,32,33)/t10-,11-,14+,15+,16-,17-/m1/s1. The Kier molecular flexibility index (Phi) is 7.34. The molecule has 1 aromatic rings. The number of ether oxygens (including phenoxy) is 1. The lowest BCUT2D eigenvalue weighted by atomic mass is 9.79. The number of halogens is 2. The molecule has 0 spiro atoms. The molecule has 1 aromatic carbocycles. The number of hydrogen-bond donors (Lipinski definition) is 4. The van der Waals surface area contributed by atoms with Crippen molar-refractivity contribution in [3.8, 4) is 5.75 Å². The molecule has 0 bridgehead atoms. The summed E-state index contributed by atoms with van der Waals surface area (Å²) in [6.45, 7) is 1.20. The van der Waals surface area contributed by atoms with E-state index >= 15 is 0 Å². The third-order valence-electron chi connectivity index (χ3n) is 6.63. The number of thioether (sulfide) groups is 1. The molecule has 2 saturated heterocycles. The highest BCUT2D eigenvalue weighted by Crippen LogP contribution is 2.51. The molecule has 6 atom stereocenters. The summed E-state index contributed by atoms with van der Waals surface area (Å²) >= 11 is 1.37. The van der Waals surface area contributed by atoms with Crippen LogP contribution in [0.2, 0.25) is 0 Å². The molecule has 3 heterocycles. The van der Waals surface area contributed by atoms with Crippen LogP contribution in [0.3, 0.4) is 0 Å². The molecule has 0 radical (unpaired) electrons. The highest BCUT2D eigenvalue weighted by atomic mass is 32.2. The second-order valence-corrected chi connectivity index (χ2v) is 10.3. The van der Waals surface area contributed by atoms with Gasteiger partial charge in [0.25, 0.3) is 0 Å². The molecule has 190 valence electrons. The summed E-state index contributed by atoms with van der Waals surface area (Å²) in [6, 6.07) is 5.14. The Balaban J connectivity index is 1.33. The van der Waals surface area contributed by atoms with Crippen molar-refractivity contribution in [2.45, 2.75) is 56.9 Å². The molecule has 0 aromatic heterocycles. The molecule has 3 aliphatic rings. The Morgan fingerprint density at radius 3 is 2.60 bits per heavy atom. The first-order chi connectivity index (χ1) is 16.6. The number of aliphatic hydroxyl groups excluding tert-OH is 1. The minimum Gasteiger partial charge on any atom is -0.477 e. The number of carbonyl (C=O) groups excluding carboxylic acids is 2. The van der Waals surface area contributed by atoms with Gasteiger partial charge < -0.3 is 30.5 Å². The van der Waals surface area contributed by atoms with Gasteiger partial charge in [-0.15, -0.1) is 11.8 Å². The topological polar surface area (TPSA) is 128 Å². The maximum absolute atomic E-state index is 12.6. The van der Waals surface area contributed by atoms with E-state index in [-0.39, 0.29) is 47.0 Å². The molecule has 4 rings (SSSR count). The zero-order valence-corrected chi connectivity index (χ0v) is 19.9. The smallest absolute Gasteiger partial charge is 0.387 e. The number of β-lactam (4-membered cyclic amide) rings is 1. The van der Waals surface area contributed by atoms with E-state index in [1.54, 1.807) is 12.1 Å². The van der Waals surface area contributed by atoms with Crippen LogP contribution in [0, 0.1) is 11.8 Å². The number of aliphatic hydroxyl groups is 1. The van der Waals surface area contributed by atoms with Gasteiger partial charge in [0, 0.05) is 29.2 Å². The zero-order chi connectivity index (χ0) is 25.4. The maximum Gasteiger partial charge on any atom is 0.387 e. The summed E-state index contributed by atoms with van der Waals surface area (Å²) in [5, 5.41) is 25.6.